The van der Waals surface area contributed by atoms with E-state index < -0.39 is 0 Å². The van der Waals surface area contributed by atoms with Gasteiger partial charge in [-0.05, 0) is 25.5 Å². The smallest absolute Gasteiger partial charge is 0.343 e. The zero-order valence-electron chi connectivity index (χ0n) is 8.66. The number of H-pyrrole nitrogens is 1. The van der Waals surface area contributed by atoms with E-state index >= 15 is 0 Å². The van der Waals surface area contributed by atoms with E-state index in [9.17, 15) is 4.79 Å². The molecule has 0 radical (unpaired) electrons. The minimum absolute atomic E-state index is 0.241. The van der Waals surface area contributed by atoms with Crippen molar-refractivity contribution in [2.24, 2.45) is 12.8 Å². The molecule has 2 aromatic heterocycles. The lowest BCUT2D eigenvalue weighted by molar-refractivity contribution is 0.813. The first-order valence-corrected chi connectivity index (χ1v) is 4.96. The van der Waals surface area contributed by atoms with Crippen molar-refractivity contribution in [3.8, 4) is 0 Å². The van der Waals surface area contributed by atoms with Crippen molar-refractivity contribution >= 4 is 11.0 Å². The minimum atomic E-state index is -0.241. The molecule has 80 valence electrons. The average Bonchev–Trinajstić information content (AvgIpc) is 2.58. The van der Waals surface area contributed by atoms with Crippen LogP contribution in [0.15, 0.2) is 17.1 Å². The summed E-state index contributed by atoms with van der Waals surface area (Å²) in [6.45, 7) is 0.670. The Kier molecular flexibility index (Phi) is 2.55. The highest BCUT2D eigenvalue weighted by Crippen LogP contribution is 2.11. The van der Waals surface area contributed by atoms with Crippen LogP contribution in [0.2, 0.25) is 0 Å². The second-order valence-corrected chi connectivity index (χ2v) is 3.63. The molecule has 0 aliphatic carbocycles. The van der Waals surface area contributed by atoms with Gasteiger partial charge >= 0.3 is 5.69 Å². The summed E-state index contributed by atoms with van der Waals surface area (Å²) >= 11 is 0. The summed E-state index contributed by atoms with van der Waals surface area (Å²) in [5.74, 6) is 0. The lowest BCUT2D eigenvalue weighted by Gasteiger charge is -1.93. The number of nitrogens with one attached hydrogen (secondary N) is 1. The number of aromatic amines is 1. The summed E-state index contributed by atoms with van der Waals surface area (Å²) in [6.07, 6.45) is 3.61. The molecule has 0 saturated heterocycles. The Balaban J connectivity index is 2.42. The first kappa shape index (κ1) is 9.92. The number of aromatic nitrogens is 3. The molecule has 0 spiro atoms. The van der Waals surface area contributed by atoms with E-state index in [1.165, 1.54) is 4.57 Å². The van der Waals surface area contributed by atoms with Crippen molar-refractivity contribution in [1.29, 1.82) is 0 Å². The molecule has 0 atom stereocenters. The summed E-state index contributed by atoms with van der Waals surface area (Å²) in [4.78, 5) is 18.3. The summed E-state index contributed by atoms with van der Waals surface area (Å²) < 4.78 is 1.48. The van der Waals surface area contributed by atoms with Gasteiger partial charge < -0.3 is 15.3 Å². The molecule has 0 bridgehead atoms. The number of rotatable bonds is 3. The van der Waals surface area contributed by atoms with E-state index in [1.807, 2.05) is 6.07 Å². The quantitative estimate of drug-likeness (QED) is 0.750. The molecule has 0 saturated carbocycles. The summed E-state index contributed by atoms with van der Waals surface area (Å²) in [7, 11) is 1.70. The van der Waals surface area contributed by atoms with Gasteiger partial charge in [0.25, 0.3) is 0 Å². The van der Waals surface area contributed by atoms with Crippen LogP contribution < -0.4 is 11.4 Å². The van der Waals surface area contributed by atoms with Crippen LogP contribution in [0.25, 0.3) is 11.0 Å². The highest BCUT2D eigenvalue weighted by atomic mass is 16.1. The highest BCUT2D eigenvalue weighted by Gasteiger charge is 2.03. The molecule has 2 rings (SSSR count). The predicted octanol–water partition coefficient (Wildman–Crippen LogP) is 0.153. The second-order valence-electron chi connectivity index (χ2n) is 3.63. The van der Waals surface area contributed by atoms with Gasteiger partial charge in [0.2, 0.25) is 0 Å². The Labute approximate surface area is 86.9 Å². The first-order chi connectivity index (χ1) is 7.20. The fourth-order valence-electron chi connectivity index (χ4n) is 1.57. The van der Waals surface area contributed by atoms with E-state index in [4.69, 9.17) is 5.73 Å². The zero-order chi connectivity index (χ0) is 10.8. The maximum Gasteiger partial charge on any atom is 0.349 e. The topological polar surface area (TPSA) is 76.7 Å². The third-order valence-electron chi connectivity index (χ3n) is 2.37. The molecule has 0 aromatic carbocycles. The third-order valence-corrected chi connectivity index (χ3v) is 2.37. The highest BCUT2D eigenvalue weighted by molar-refractivity contribution is 5.75. The maximum atomic E-state index is 11.3. The van der Waals surface area contributed by atoms with Gasteiger partial charge in [0.15, 0.2) is 0 Å². The Morgan fingerprint density at radius 3 is 3.13 bits per heavy atom. The van der Waals surface area contributed by atoms with Crippen LogP contribution in [-0.2, 0) is 13.5 Å². The molecular weight excluding hydrogens is 192 g/mol. The Hall–Kier alpha value is -1.62. The molecule has 3 N–H and O–H groups in total. The van der Waals surface area contributed by atoms with Gasteiger partial charge in [-0.3, -0.25) is 0 Å². The Bertz CT molecular complexity index is 526. The largest absolute Gasteiger partial charge is 0.349 e. The van der Waals surface area contributed by atoms with Crippen LogP contribution in [0.5, 0.6) is 0 Å². The molecule has 0 aliphatic rings. The first-order valence-electron chi connectivity index (χ1n) is 4.96. The number of hydrogen-bond donors (Lipinski definition) is 2. The van der Waals surface area contributed by atoms with Gasteiger partial charge in [0.05, 0.1) is 0 Å². The average molecular weight is 206 g/mol. The third kappa shape index (κ3) is 1.92. The number of nitrogens with zero attached hydrogens (tertiary/aromatic N) is 2. The monoisotopic (exact) mass is 206 g/mol. The molecule has 5 nitrogen and oxygen atoms in total. The Morgan fingerprint density at radius 2 is 2.40 bits per heavy atom. The lowest BCUT2D eigenvalue weighted by Crippen LogP contribution is -2.18. The fraction of sp³-hybridized carbons (Fsp3) is 0.400. The van der Waals surface area contributed by atoms with Gasteiger partial charge in [-0.25, -0.2) is 4.79 Å². The maximum absolute atomic E-state index is 11.3. The number of hydrogen-bond acceptors (Lipinski definition) is 3. The molecule has 0 amide bonds. The number of fused-ring (bicyclic) bond motifs is 1. The van der Waals surface area contributed by atoms with E-state index in [-0.39, 0.29) is 5.69 Å². The van der Waals surface area contributed by atoms with Crippen LogP contribution in [0.1, 0.15) is 12.1 Å². The van der Waals surface area contributed by atoms with Crippen molar-refractivity contribution in [2.45, 2.75) is 12.8 Å². The van der Waals surface area contributed by atoms with Crippen LogP contribution in [0.3, 0.4) is 0 Å². The molecule has 2 heterocycles. The SMILES string of the molecule is Cn1cc2cc(CCCN)[nH]c2nc1=O. The Morgan fingerprint density at radius 1 is 1.60 bits per heavy atom. The van der Waals surface area contributed by atoms with Crippen LogP contribution in [0, 0.1) is 0 Å². The molecule has 5 heteroatoms. The van der Waals surface area contributed by atoms with Crippen LogP contribution in [-0.4, -0.2) is 21.1 Å². The lowest BCUT2D eigenvalue weighted by atomic mass is 10.2. The molecule has 0 unspecified atom stereocenters. The molecule has 0 fully saturated rings. The van der Waals surface area contributed by atoms with Crippen molar-refractivity contribution in [1.82, 2.24) is 14.5 Å². The van der Waals surface area contributed by atoms with Crippen molar-refractivity contribution in [2.75, 3.05) is 6.54 Å². The number of nitrogens with two attached hydrogens (primary N) is 1. The summed E-state index contributed by atoms with van der Waals surface area (Å²) in [5.41, 5.74) is 6.93. The summed E-state index contributed by atoms with van der Waals surface area (Å²) in [6, 6.07) is 2.01. The van der Waals surface area contributed by atoms with Crippen LogP contribution in [0.4, 0.5) is 0 Å². The van der Waals surface area contributed by atoms with E-state index in [0.29, 0.717) is 12.2 Å². The molecule has 0 aliphatic heterocycles. The fourth-order valence-corrected chi connectivity index (χ4v) is 1.57. The summed E-state index contributed by atoms with van der Waals surface area (Å²) in [5, 5.41) is 0.962. The van der Waals surface area contributed by atoms with E-state index in [2.05, 4.69) is 9.97 Å². The zero-order valence-corrected chi connectivity index (χ0v) is 8.66. The van der Waals surface area contributed by atoms with Crippen molar-refractivity contribution in [3.05, 3.63) is 28.4 Å². The number of aryl methyl sites for hydroxylation is 2. The van der Waals surface area contributed by atoms with Gasteiger partial charge in [-0.1, -0.05) is 0 Å². The van der Waals surface area contributed by atoms with Gasteiger partial charge in [-0.2, -0.15) is 4.98 Å². The van der Waals surface area contributed by atoms with Crippen molar-refractivity contribution in [3.63, 3.8) is 0 Å². The molecule has 15 heavy (non-hydrogen) atoms. The van der Waals surface area contributed by atoms with Crippen molar-refractivity contribution < 1.29 is 0 Å². The van der Waals surface area contributed by atoms with Gasteiger partial charge in [0.1, 0.15) is 5.65 Å². The minimum Gasteiger partial charge on any atom is -0.343 e. The van der Waals surface area contributed by atoms with Gasteiger partial charge in [0, 0.05) is 24.3 Å². The standard InChI is InChI=1S/C10H14N4O/c1-14-6-7-5-8(3-2-4-11)12-9(7)13-10(14)15/h5-6H,2-4,11H2,1H3,(H,12,13,15). The second kappa shape index (κ2) is 3.86. The molecular formula is C10H14N4O. The predicted molar refractivity (Wildman–Crippen MR) is 58.7 cm³/mol. The van der Waals surface area contributed by atoms with Gasteiger partial charge in [-0.15, -0.1) is 0 Å². The normalized spacial score (nSPS) is 11.1. The van der Waals surface area contributed by atoms with E-state index in [1.54, 1.807) is 13.2 Å². The van der Waals surface area contributed by atoms with Crippen LogP contribution >= 0.6 is 0 Å². The van der Waals surface area contributed by atoms with E-state index in [0.717, 1.165) is 23.9 Å². The molecule has 2 aromatic rings.